The lowest BCUT2D eigenvalue weighted by Crippen LogP contribution is -2.44. The number of rotatable bonds is 7. The number of benzene rings is 1. The Labute approximate surface area is 191 Å². The van der Waals surface area contributed by atoms with Crippen molar-refractivity contribution in [2.75, 3.05) is 6.54 Å². The minimum absolute atomic E-state index is 0.00365. The van der Waals surface area contributed by atoms with Crippen LogP contribution in [0.3, 0.4) is 0 Å². The van der Waals surface area contributed by atoms with Gasteiger partial charge < -0.3 is 14.4 Å². The van der Waals surface area contributed by atoms with E-state index in [0.29, 0.717) is 31.5 Å². The SMILES string of the molecule is Cn1cccc1CN(C(=O)CN(C(=O)c1cc(C(F)(F)F)cc(C(F)(F)F)c1)C1CC1)C1CC1. The Balaban J connectivity index is 1.59. The third-order valence-electron chi connectivity index (χ3n) is 6.08. The molecule has 2 aliphatic rings. The maximum atomic E-state index is 13.2. The van der Waals surface area contributed by atoms with Gasteiger partial charge in [0.15, 0.2) is 0 Å². The molecule has 2 amide bonds. The van der Waals surface area contributed by atoms with Gasteiger partial charge in [-0.15, -0.1) is 0 Å². The number of carbonyl (C=O) groups excluding carboxylic acids is 2. The fourth-order valence-electron chi connectivity index (χ4n) is 3.88. The zero-order valence-corrected chi connectivity index (χ0v) is 18.3. The molecule has 0 N–H and O–H groups in total. The third kappa shape index (κ3) is 5.39. The van der Waals surface area contributed by atoms with Crippen LogP contribution < -0.4 is 0 Å². The second-order valence-electron chi connectivity index (χ2n) is 8.82. The molecule has 34 heavy (non-hydrogen) atoms. The van der Waals surface area contributed by atoms with Crippen molar-refractivity contribution in [2.24, 2.45) is 7.05 Å². The summed E-state index contributed by atoms with van der Waals surface area (Å²) in [4.78, 5) is 29.0. The minimum Gasteiger partial charge on any atom is -0.353 e. The van der Waals surface area contributed by atoms with Gasteiger partial charge in [-0.25, -0.2) is 0 Å². The van der Waals surface area contributed by atoms with Crippen LogP contribution in [0.2, 0.25) is 0 Å². The number of nitrogens with zero attached hydrogens (tertiary/aromatic N) is 3. The van der Waals surface area contributed by atoms with E-state index in [1.165, 1.54) is 0 Å². The molecule has 4 rings (SSSR count). The average molecular weight is 487 g/mol. The molecule has 2 saturated carbocycles. The topological polar surface area (TPSA) is 45.6 Å². The molecule has 1 aromatic heterocycles. The summed E-state index contributed by atoms with van der Waals surface area (Å²) in [5, 5.41) is 0. The first-order valence-corrected chi connectivity index (χ1v) is 10.8. The summed E-state index contributed by atoms with van der Waals surface area (Å²) in [5.41, 5.74) is -2.98. The quantitative estimate of drug-likeness (QED) is 0.524. The molecule has 1 heterocycles. The summed E-state index contributed by atoms with van der Waals surface area (Å²) in [5.74, 6) is -1.39. The van der Waals surface area contributed by atoms with Crippen molar-refractivity contribution < 1.29 is 35.9 Å². The Bertz CT molecular complexity index is 1050. The molecule has 2 aromatic rings. The number of amides is 2. The lowest BCUT2D eigenvalue weighted by Gasteiger charge is -2.28. The normalized spacial score (nSPS) is 16.4. The van der Waals surface area contributed by atoms with E-state index in [2.05, 4.69) is 0 Å². The van der Waals surface area contributed by atoms with Crippen LogP contribution in [0.15, 0.2) is 36.5 Å². The highest BCUT2D eigenvalue weighted by Crippen LogP contribution is 2.37. The molecular weight excluding hydrogens is 464 g/mol. The van der Waals surface area contributed by atoms with Crippen LogP contribution in [-0.2, 0) is 30.7 Å². The Kier molecular flexibility index (Phi) is 6.15. The molecule has 0 radical (unpaired) electrons. The highest BCUT2D eigenvalue weighted by Gasteiger charge is 2.41. The second kappa shape index (κ2) is 8.66. The molecule has 0 bridgehead atoms. The van der Waals surface area contributed by atoms with Crippen molar-refractivity contribution in [3.8, 4) is 0 Å². The van der Waals surface area contributed by atoms with Gasteiger partial charge in [0.25, 0.3) is 5.91 Å². The minimum atomic E-state index is -5.06. The summed E-state index contributed by atoms with van der Waals surface area (Å²) in [6, 6.07) is 4.11. The zero-order chi connectivity index (χ0) is 24.8. The fraction of sp³-hybridized carbons (Fsp3) is 0.478. The number of carbonyl (C=O) groups is 2. The van der Waals surface area contributed by atoms with Crippen molar-refractivity contribution in [1.82, 2.24) is 14.4 Å². The van der Waals surface area contributed by atoms with E-state index in [1.807, 2.05) is 29.9 Å². The Morgan fingerprint density at radius 3 is 1.88 bits per heavy atom. The molecule has 0 unspecified atom stereocenters. The van der Waals surface area contributed by atoms with Crippen LogP contribution in [0.25, 0.3) is 0 Å². The predicted octanol–water partition coefficient (Wildman–Crippen LogP) is 4.86. The molecule has 0 atom stereocenters. The lowest BCUT2D eigenvalue weighted by atomic mass is 10.0. The van der Waals surface area contributed by atoms with Crippen LogP contribution in [0, 0.1) is 0 Å². The van der Waals surface area contributed by atoms with E-state index < -0.39 is 47.5 Å². The van der Waals surface area contributed by atoms with Gasteiger partial charge in [0, 0.05) is 36.6 Å². The van der Waals surface area contributed by atoms with E-state index in [0.717, 1.165) is 23.4 Å². The van der Waals surface area contributed by atoms with E-state index >= 15 is 0 Å². The summed E-state index contributed by atoms with van der Waals surface area (Å²) in [6.45, 7) is -0.0938. The van der Waals surface area contributed by atoms with Gasteiger partial charge in [-0.1, -0.05) is 0 Å². The number of hydrogen-bond acceptors (Lipinski definition) is 2. The van der Waals surface area contributed by atoms with Crippen molar-refractivity contribution in [3.05, 3.63) is 58.9 Å². The Hall–Kier alpha value is -2.98. The van der Waals surface area contributed by atoms with Crippen molar-refractivity contribution in [1.29, 1.82) is 0 Å². The first-order chi connectivity index (χ1) is 15.8. The van der Waals surface area contributed by atoms with E-state index in [1.54, 1.807) is 4.90 Å². The molecule has 2 aliphatic carbocycles. The maximum Gasteiger partial charge on any atom is 0.416 e. The van der Waals surface area contributed by atoms with Gasteiger partial charge >= 0.3 is 12.4 Å². The molecule has 0 saturated heterocycles. The molecular formula is C23H23F6N3O2. The monoisotopic (exact) mass is 487 g/mol. The summed E-state index contributed by atoms with van der Waals surface area (Å²) >= 11 is 0. The maximum absolute atomic E-state index is 13.2. The summed E-state index contributed by atoms with van der Waals surface area (Å²) in [6.07, 6.45) is -5.62. The largest absolute Gasteiger partial charge is 0.416 e. The molecule has 2 fully saturated rings. The van der Waals surface area contributed by atoms with Gasteiger partial charge in [-0.2, -0.15) is 26.3 Å². The lowest BCUT2D eigenvalue weighted by molar-refractivity contribution is -0.143. The number of alkyl halides is 6. The number of aryl methyl sites for hydroxylation is 1. The standard InChI is InChI=1S/C23H23F6N3O2/c1-30-8-2-3-19(30)12-31(17-4-5-17)20(33)13-32(18-6-7-18)21(34)14-9-15(22(24,25)26)11-16(10-14)23(27,28)29/h2-3,8-11,17-18H,4-7,12-13H2,1H3. The third-order valence-corrected chi connectivity index (χ3v) is 6.08. The first kappa shape index (κ1) is 24.2. The molecule has 5 nitrogen and oxygen atoms in total. The van der Waals surface area contributed by atoms with E-state index in [4.69, 9.17) is 0 Å². The number of hydrogen-bond donors (Lipinski definition) is 0. The Morgan fingerprint density at radius 2 is 1.44 bits per heavy atom. The van der Waals surface area contributed by atoms with Gasteiger partial charge in [0.2, 0.25) is 5.91 Å². The highest BCUT2D eigenvalue weighted by atomic mass is 19.4. The van der Waals surface area contributed by atoms with Crippen molar-refractivity contribution >= 4 is 11.8 Å². The van der Waals surface area contributed by atoms with Crippen LogP contribution >= 0.6 is 0 Å². The van der Waals surface area contributed by atoms with Gasteiger partial charge in [-0.05, 0) is 56.0 Å². The average Bonchev–Trinajstić information content (AvgIpc) is 3.67. The molecule has 184 valence electrons. The van der Waals surface area contributed by atoms with Crippen LogP contribution in [-0.4, -0.2) is 44.8 Å². The number of halogens is 6. The highest BCUT2D eigenvalue weighted by molar-refractivity contribution is 5.97. The number of aromatic nitrogens is 1. The van der Waals surface area contributed by atoms with Crippen LogP contribution in [0.5, 0.6) is 0 Å². The van der Waals surface area contributed by atoms with Gasteiger partial charge in [-0.3, -0.25) is 9.59 Å². The molecule has 11 heteroatoms. The zero-order valence-electron chi connectivity index (χ0n) is 18.3. The van der Waals surface area contributed by atoms with Gasteiger partial charge in [0.1, 0.15) is 6.54 Å². The molecule has 0 spiro atoms. The van der Waals surface area contributed by atoms with E-state index in [-0.39, 0.29) is 18.0 Å². The van der Waals surface area contributed by atoms with Crippen LogP contribution in [0.4, 0.5) is 26.3 Å². The van der Waals surface area contributed by atoms with Crippen molar-refractivity contribution in [3.63, 3.8) is 0 Å². The Morgan fingerprint density at radius 1 is 0.912 bits per heavy atom. The van der Waals surface area contributed by atoms with E-state index in [9.17, 15) is 35.9 Å². The predicted molar refractivity (Wildman–Crippen MR) is 109 cm³/mol. The summed E-state index contributed by atoms with van der Waals surface area (Å²) in [7, 11) is 1.83. The first-order valence-electron chi connectivity index (χ1n) is 10.8. The second-order valence-corrected chi connectivity index (χ2v) is 8.82. The molecule has 0 aliphatic heterocycles. The fourth-order valence-corrected chi connectivity index (χ4v) is 3.88. The summed E-state index contributed by atoms with van der Waals surface area (Å²) < 4.78 is 81.3. The molecule has 1 aromatic carbocycles. The smallest absolute Gasteiger partial charge is 0.353 e. The van der Waals surface area contributed by atoms with Crippen molar-refractivity contribution in [2.45, 2.75) is 56.7 Å². The van der Waals surface area contributed by atoms with Crippen LogP contribution in [0.1, 0.15) is 52.9 Å². The van der Waals surface area contributed by atoms with Gasteiger partial charge in [0.05, 0.1) is 17.7 Å².